The quantitative estimate of drug-likeness (QED) is 0.272. The number of fused-ring (bicyclic) bond motifs is 1. The van der Waals surface area contributed by atoms with E-state index >= 15 is 0 Å². The van der Waals surface area contributed by atoms with Crippen LogP contribution < -0.4 is 9.64 Å². The van der Waals surface area contributed by atoms with E-state index in [4.69, 9.17) is 9.72 Å². The van der Waals surface area contributed by atoms with Crippen LogP contribution in [0.4, 0.5) is 5.69 Å². The molecular weight excluding hydrogens is 434 g/mol. The summed E-state index contributed by atoms with van der Waals surface area (Å²) in [6, 6.07) is 24.7. The molecule has 0 aliphatic carbocycles. The Hall–Kier alpha value is -3.60. The van der Waals surface area contributed by atoms with Gasteiger partial charge in [-0.15, -0.1) is 0 Å². The molecule has 180 valence electrons. The lowest BCUT2D eigenvalue weighted by Crippen LogP contribution is -2.25. The predicted octanol–water partition coefficient (Wildman–Crippen LogP) is 6.29. The van der Waals surface area contributed by atoms with E-state index in [1.807, 2.05) is 41.3 Å². The number of hydrogen-bond acceptors (Lipinski definition) is 3. The average Bonchev–Trinajstić information content (AvgIpc) is 3.45. The minimum Gasteiger partial charge on any atom is -0.493 e. The van der Waals surface area contributed by atoms with Crippen LogP contribution in [-0.4, -0.2) is 28.6 Å². The van der Waals surface area contributed by atoms with E-state index < -0.39 is 0 Å². The van der Waals surface area contributed by atoms with E-state index in [0.29, 0.717) is 19.6 Å². The van der Waals surface area contributed by atoms with Gasteiger partial charge in [0, 0.05) is 31.1 Å². The highest BCUT2D eigenvalue weighted by atomic mass is 16.5. The first kappa shape index (κ1) is 23.2. The zero-order chi connectivity index (χ0) is 24.2. The van der Waals surface area contributed by atoms with E-state index in [0.717, 1.165) is 59.7 Å². The van der Waals surface area contributed by atoms with Gasteiger partial charge in [-0.2, -0.15) is 0 Å². The normalized spacial score (nSPS) is 15.8. The third kappa shape index (κ3) is 4.81. The molecule has 5 nitrogen and oxygen atoms in total. The zero-order valence-corrected chi connectivity index (χ0v) is 20.6. The fourth-order valence-electron chi connectivity index (χ4n) is 5.10. The molecule has 1 fully saturated rings. The summed E-state index contributed by atoms with van der Waals surface area (Å²) in [7, 11) is 0. The number of aryl methyl sites for hydroxylation is 3. The van der Waals surface area contributed by atoms with Crippen LogP contribution in [0.25, 0.3) is 11.0 Å². The molecule has 1 saturated heterocycles. The Kier molecular flexibility index (Phi) is 6.84. The molecule has 5 heteroatoms. The molecule has 0 radical (unpaired) electrons. The summed E-state index contributed by atoms with van der Waals surface area (Å²) in [5.74, 6) is 2.25. The first-order valence-corrected chi connectivity index (χ1v) is 12.7. The van der Waals surface area contributed by atoms with Crippen LogP contribution in [0, 0.1) is 6.92 Å². The number of nitrogens with zero attached hydrogens (tertiary/aromatic N) is 3. The van der Waals surface area contributed by atoms with E-state index in [2.05, 4.69) is 54.8 Å². The van der Waals surface area contributed by atoms with Gasteiger partial charge in [0.15, 0.2) is 0 Å². The second kappa shape index (κ2) is 10.3. The SMILES string of the molecule is CCc1ccccc1N1CC(c2nc3ccccc3n2CCCCOc2ccccc2C)CC1=O. The first-order valence-electron chi connectivity index (χ1n) is 12.7. The van der Waals surface area contributed by atoms with Gasteiger partial charge in [0.1, 0.15) is 11.6 Å². The molecule has 1 aliphatic heterocycles. The number of unbranched alkanes of at least 4 members (excludes halogenated alkanes) is 1. The van der Waals surface area contributed by atoms with Gasteiger partial charge >= 0.3 is 0 Å². The van der Waals surface area contributed by atoms with Crippen LogP contribution in [0.15, 0.2) is 72.8 Å². The molecule has 4 aromatic rings. The summed E-state index contributed by atoms with van der Waals surface area (Å²) in [6.07, 6.45) is 3.35. The molecule has 0 bridgehead atoms. The van der Waals surface area contributed by atoms with Crippen molar-refractivity contribution in [2.75, 3.05) is 18.1 Å². The number of aromatic nitrogens is 2. The molecule has 1 atom stereocenters. The minimum atomic E-state index is 0.0861. The number of carbonyl (C=O) groups is 1. The van der Waals surface area contributed by atoms with Gasteiger partial charge in [-0.3, -0.25) is 4.79 Å². The summed E-state index contributed by atoms with van der Waals surface area (Å²) in [4.78, 5) is 20.1. The summed E-state index contributed by atoms with van der Waals surface area (Å²) >= 11 is 0. The van der Waals surface area contributed by atoms with Gasteiger partial charge < -0.3 is 14.2 Å². The number of rotatable bonds is 9. The van der Waals surface area contributed by atoms with E-state index in [1.165, 1.54) is 5.56 Å². The van der Waals surface area contributed by atoms with Gasteiger partial charge in [0.05, 0.1) is 17.6 Å². The Balaban J connectivity index is 1.31. The van der Waals surface area contributed by atoms with Crippen molar-refractivity contribution in [3.63, 3.8) is 0 Å². The highest BCUT2D eigenvalue weighted by Crippen LogP contribution is 2.35. The topological polar surface area (TPSA) is 47.4 Å². The number of anilines is 1. The van der Waals surface area contributed by atoms with Crippen molar-refractivity contribution in [1.82, 2.24) is 9.55 Å². The van der Waals surface area contributed by atoms with Crippen LogP contribution in [0.5, 0.6) is 5.75 Å². The van der Waals surface area contributed by atoms with Crippen molar-refractivity contribution in [1.29, 1.82) is 0 Å². The summed E-state index contributed by atoms with van der Waals surface area (Å²) in [5.41, 5.74) is 5.55. The van der Waals surface area contributed by atoms with E-state index in [9.17, 15) is 4.79 Å². The van der Waals surface area contributed by atoms with Gasteiger partial charge in [-0.1, -0.05) is 55.5 Å². The van der Waals surface area contributed by atoms with Gasteiger partial charge in [-0.25, -0.2) is 4.98 Å². The highest BCUT2D eigenvalue weighted by Gasteiger charge is 2.35. The largest absolute Gasteiger partial charge is 0.493 e. The molecule has 1 aromatic heterocycles. The Bertz CT molecular complexity index is 1330. The fourth-order valence-corrected chi connectivity index (χ4v) is 5.10. The Morgan fingerprint density at radius 3 is 2.60 bits per heavy atom. The average molecular weight is 468 g/mol. The summed E-state index contributed by atoms with van der Waals surface area (Å²) in [6.45, 7) is 6.44. The number of benzene rings is 3. The van der Waals surface area contributed by atoms with Crippen LogP contribution in [0.1, 0.15) is 49.1 Å². The first-order chi connectivity index (χ1) is 17.2. The Morgan fingerprint density at radius 1 is 0.971 bits per heavy atom. The van der Waals surface area contributed by atoms with Crippen molar-refractivity contribution in [3.8, 4) is 5.75 Å². The second-order valence-electron chi connectivity index (χ2n) is 9.32. The molecule has 1 unspecified atom stereocenters. The van der Waals surface area contributed by atoms with Crippen molar-refractivity contribution in [2.24, 2.45) is 0 Å². The standard InChI is InChI=1S/C30H33N3O2/c1-3-23-13-5-7-15-26(23)33-21-24(20-29(33)34)30-31-25-14-6-8-16-27(25)32(30)18-10-11-19-35-28-17-9-4-12-22(28)2/h4-9,12-17,24H,3,10-11,18-21H2,1-2H3. The van der Waals surface area contributed by atoms with E-state index in [1.54, 1.807) is 0 Å². The number of para-hydroxylation sites is 4. The number of ether oxygens (including phenoxy) is 1. The van der Waals surface area contributed by atoms with Crippen molar-refractivity contribution in [2.45, 2.75) is 52.0 Å². The fraction of sp³-hybridized carbons (Fsp3) is 0.333. The maximum absolute atomic E-state index is 13.1. The number of imidazole rings is 1. The van der Waals surface area contributed by atoms with Crippen molar-refractivity contribution >= 4 is 22.6 Å². The lowest BCUT2D eigenvalue weighted by atomic mass is 10.1. The lowest BCUT2D eigenvalue weighted by Gasteiger charge is -2.20. The van der Waals surface area contributed by atoms with Crippen LogP contribution in [0.3, 0.4) is 0 Å². The molecule has 1 amide bonds. The number of amides is 1. The third-order valence-electron chi connectivity index (χ3n) is 6.96. The molecule has 0 spiro atoms. The second-order valence-corrected chi connectivity index (χ2v) is 9.32. The number of carbonyl (C=O) groups excluding carboxylic acids is 1. The number of hydrogen-bond donors (Lipinski definition) is 0. The smallest absolute Gasteiger partial charge is 0.227 e. The Morgan fingerprint density at radius 2 is 1.74 bits per heavy atom. The maximum Gasteiger partial charge on any atom is 0.227 e. The third-order valence-corrected chi connectivity index (χ3v) is 6.96. The Labute approximate surface area is 207 Å². The molecule has 2 heterocycles. The van der Waals surface area contributed by atoms with E-state index in [-0.39, 0.29) is 11.8 Å². The summed E-state index contributed by atoms with van der Waals surface area (Å²) < 4.78 is 8.33. The van der Waals surface area contributed by atoms with Crippen LogP contribution in [0.2, 0.25) is 0 Å². The molecule has 1 aliphatic rings. The zero-order valence-electron chi connectivity index (χ0n) is 20.6. The monoisotopic (exact) mass is 467 g/mol. The lowest BCUT2D eigenvalue weighted by molar-refractivity contribution is -0.117. The van der Waals surface area contributed by atoms with Crippen molar-refractivity contribution in [3.05, 3.63) is 89.7 Å². The maximum atomic E-state index is 13.1. The van der Waals surface area contributed by atoms with Crippen molar-refractivity contribution < 1.29 is 9.53 Å². The van der Waals surface area contributed by atoms with Gasteiger partial charge in [0.2, 0.25) is 5.91 Å². The molecular formula is C30H33N3O2. The predicted molar refractivity (Wildman–Crippen MR) is 141 cm³/mol. The van der Waals surface area contributed by atoms with Gasteiger partial charge in [0.25, 0.3) is 0 Å². The molecule has 5 rings (SSSR count). The molecule has 0 saturated carbocycles. The summed E-state index contributed by atoms with van der Waals surface area (Å²) in [5, 5.41) is 0. The molecule has 0 N–H and O–H groups in total. The van der Waals surface area contributed by atoms with Crippen LogP contribution >= 0.6 is 0 Å². The van der Waals surface area contributed by atoms with Gasteiger partial charge in [-0.05, 0) is 61.6 Å². The molecule has 35 heavy (non-hydrogen) atoms. The minimum absolute atomic E-state index is 0.0861. The van der Waals surface area contributed by atoms with Crippen LogP contribution in [-0.2, 0) is 17.8 Å². The highest BCUT2D eigenvalue weighted by molar-refractivity contribution is 5.97. The molecule has 3 aromatic carbocycles.